The van der Waals surface area contributed by atoms with Crippen molar-refractivity contribution in [3.63, 3.8) is 0 Å². The molecule has 1 N–H and O–H groups in total. The molecule has 0 saturated heterocycles. The minimum Gasteiger partial charge on any atom is -0.479 e. The van der Waals surface area contributed by atoms with Gasteiger partial charge in [0.25, 0.3) is 0 Å². The average Bonchev–Trinajstić information content (AvgIpc) is 2.69. The first-order valence-corrected chi connectivity index (χ1v) is 8.98. The van der Waals surface area contributed by atoms with Crippen LogP contribution in [0.25, 0.3) is 0 Å². The first-order chi connectivity index (χ1) is 12.9. The lowest BCUT2D eigenvalue weighted by atomic mass is 9.96. The number of halogens is 1. The van der Waals surface area contributed by atoms with Crippen LogP contribution in [-0.2, 0) is 21.7 Å². The Morgan fingerprint density at radius 1 is 0.926 bits per heavy atom. The summed E-state index contributed by atoms with van der Waals surface area (Å²) in [5.41, 5.74) is 1.42. The van der Waals surface area contributed by atoms with Crippen LogP contribution in [0.15, 0.2) is 84.9 Å². The molecule has 27 heavy (non-hydrogen) atoms. The highest BCUT2D eigenvalue weighted by Gasteiger charge is 2.36. The Balaban J connectivity index is 0.000000313. The number of ether oxygens (including phenoxy) is 1. The fraction of sp³-hybridized carbons (Fsp3) is 0.174. The molecule has 0 spiro atoms. The molecule has 0 aliphatic heterocycles. The minimum absolute atomic E-state index is 0.262. The van der Waals surface area contributed by atoms with Crippen molar-refractivity contribution in [1.82, 2.24) is 0 Å². The highest BCUT2D eigenvalue weighted by molar-refractivity contribution is 6.30. The third-order valence-electron chi connectivity index (χ3n) is 4.11. The normalized spacial score (nSPS) is 12.4. The van der Waals surface area contributed by atoms with E-state index in [-0.39, 0.29) is 6.61 Å². The summed E-state index contributed by atoms with van der Waals surface area (Å²) in [6, 6.07) is 26.3. The quantitative estimate of drug-likeness (QED) is 0.601. The van der Waals surface area contributed by atoms with Gasteiger partial charge in [-0.15, -0.1) is 0 Å². The van der Waals surface area contributed by atoms with E-state index in [2.05, 4.69) is 0 Å². The van der Waals surface area contributed by atoms with Crippen molar-refractivity contribution in [1.29, 1.82) is 0 Å². The summed E-state index contributed by atoms with van der Waals surface area (Å²) in [6.45, 7) is 3.85. The molecule has 0 saturated carbocycles. The minimum atomic E-state index is -1.34. The zero-order chi connectivity index (χ0) is 19.7. The monoisotopic (exact) mass is 382 g/mol. The van der Waals surface area contributed by atoms with Crippen molar-refractivity contribution in [3.8, 4) is 0 Å². The van der Waals surface area contributed by atoms with Crippen molar-refractivity contribution in [2.75, 3.05) is 0 Å². The lowest BCUT2D eigenvalue weighted by Gasteiger charge is -2.26. The number of carboxylic acid groups (broad SMARTS) is 1. The first kappa shape index (κ1) is 20.7. The fourth-order valence-corrected chi connectivity index (χ4v) is 2.50. The zero-order valence-corrected chi connectivity index (χ0v) is 16.2. The van der Waals surface area contributed by atoms with Crippen LogP contribution < -0.4 is 0 Å². The maximum Gasteiger partial charge on any atom is 0.340 e. The van der Waals surface area contributed by atoms with Crippen molar-refractivity contribution >= 4 is 17.6 Å². The highest BCUT2D eigenvalue weighted by atomic mass is 35.5. The molecule has 140 valence electrons. The first-order valence-electron chi connectivity index (χ1n) is 8.61. The number of aryl methyl sites for hydroxylation is 1. The molecule has 0 fully saturated rings. The van der Waals surface area contributed by atoms with Gasteiger partial charge in [-0.3, -0.25) is 0 Å². The summed E-state index contributed by atoms with van der Waals surface area (Å²) in [6.07, 6.45) is 0. The van der Waals surface area contributed by atoms with E-state index in [4.69, 9.17) is 16.3 Å². The van der Waals surface area contributed by atoms with Crippen molar-refractivity contribution < 1.29 is 14.6 Å². The van der Waals surface area contributed by atoms with Crippen LogP contribution in [0.1, 0.15) is 23.6 Å². The van der Waals surface area contributed by atoms with E-state index >= 15 is 0 Å². The molecule has 3 aromatic rings. The van der Waals surface area contributed by atoms with Crippen LogP contribution in [0, 0.1) is 6.92 Å². The molecule has 3 rings (SSSR count). The standard InChI is InChI=1S/C17H18O3.C6H5Cl/c1-13-8-10-14(11-9-13)12-20-17(2,16(18)19)15-6-4-3-5-7-15;7-6-4-2-1-3-5-6/h3-11H,12H2,1-2H3,(H,18,19);1-5H. The van der Waals surface area contributed by atoms with Crippen LogP contribution in [-0.4, -0.2) is 11.1 Å². The number of aliphatic carboxylic acids is 1. The summed E-state index contributed by atoms with van der Waals surface area (Å²) < 4.78 is 5.70. The van der Waals surface area contributed by atoms with Crippen molar-refractivity contribution in [2.45, 2.75) is 26.1 Å². The van der Waals surface area contributed by atoms with Crippen LogP contribution in [0.5, 0.6) is 0 Å². The van der Waals surface area contributed by atoms with Crippen LogP contribution in [0.2, 0.25) is 5.02 Å². The molecule has 3 aromatic carbocycles. The van der Waals surface area contributed by atoms with E-state index in [1.54, 1.807) is 19.1 Å². The Hall–Kier alpha value is -2.62. The summed E-state index contributed by atoms with van der Waals surface area (Å²) in [5, 5.41) is 10.3. The fourth-order valence-electron chi connectivity index (χ4n) is 2.35. The predicted octanol–water partition coefficient (Wildman–Crippen LogP) is 5.85. The summed E-state index contributed by atoms with van der Waals surface area (Å²) in [5.74, 6) is -0.990. The van der Waals surface area contributed by atoms with Gasteiger partial charge in [0.05, 0.1) is 6.61 Å². The Labute approximate surface area is 165 Å². The van der Waals surface area contributed by atoms with Gasteiger partial charge in [-0.05, 0) is 37.1 Å². The second-order valence-corrected chi connectivity index (χ2v) is 6.71. The van der Waals surface area contributed by atoms with E-state index in [1.165, 1.54) is 0 Å². The van der Waals surface area contributed by atoms with Gasteiger partial charge in [0.1, 0.15) is 0 Å². The molecule has 0 aliphatic rings. The third-order valence-corrected chi connectivity index (χ3v) is 4.37. The second-order valence-electron chi connectivity index (χ2n) is 6.27. The average molecular weight is 383 g/mol. The topological polar surface area (TPSA) is 46.5 Å². The van der Waals surface area contributed by atoms with Gasteiger partial charge in [0.15, 0.2) is 5.60 Å². The smallest absolute Gasteiger partial charge is 0.340 e. The number of rotatable bonds is 5. The number of carboxylic acids is 1. The SMILES string of the molecule is Cc1ccc(COC(C)(C(=O)O)c2ccccc2)cc1.Clc1ccccc1. The molecule has 4 heteroatoms. The molecule has 1 unspecified atom stereocenters. The van der Waals surface area contributed by atoms with E-state index in [1.807, 2.05) is 79.7 Å². The third kappa shape index (κ3) is 6.24. The van der Waals surface area contributed by atoms with Crippen LogP contribution in [0.4, 0.5) is 0 Å². The lowest BCUT2D eigenvalue weighted by Crippen LogP contribution is -2.35. The van der Waals surface area contributed by atoms with E-state index in [0.29, 0.717) is 5.56 Å². The van der Waals surface area contributed by atoms with Gasteiger partial charge in [-0.25, -0.2) is 4.79 Å². The molecular formula is C23H23ClO3. The number of carbonyl (C=O) groups is 1. The molecule has 0 aromatic heterocycles. The predicted molar refractivity (Wildman–Crippen MR) is 109 cm³/mol. The Bertz CT molecular complexity index is 833. The molecule has 0 radical (unpaired) electrons. The molecule has 0 amide bonds. The zero-order valence-electron chi connectivity index (χ0n) is 15.4. The molecule has 3 nitrogen and oxygen atoms in total. The molecule has 0 heterocycles. The Morgan fingerprint density at radius 2 is 1.44 bits per heavy atom. The second kappa shape index (κ2) is 9.91. The number of hydrogen-bond donors (Lipinski definition) is 1. The highest BCUT2D eigenvalue weighted by Crippen LogP contribution is 2.27. The maximum absolute atomic E-state index is 11.6. The van der Waals surface area contributed by atoms with Crippen LogP contribution in [0.3, 0.4) is 0 Å². The van der Waals surface area contributed by atoms with E-state index in [9.17, 15) is 9.90 Å². The van der Waals surface area contributed by atoms with Crippen molar-refractivity contribution in [3.05, 3.63) is 107 Å². The van der Waals surface area contributed by atoms with Gasteiger partial charge in [-0.2, -0.15) is 0 Å². The Morgan fingerprint density at radius 3 is 1.89 bits per heavy atom. The lowest BCUT2D eigenvalue weighted by molar-refractivity contribution is -0.167. The van der Waals surface area contributed by atoms with Crippen molar-refractivity contribution in [2.24, 2.45) is 0 Å². The van der Waals surface area contributed by atoms with E-state index in [0.717, 1.165) is 16.1 Å². The van der Waals surface area contributed by atoms with Crippen LogP contribution >= 0.6 is 11.6 Å². The van der Waals surface area contributed by atoms with Gasteiger partial charge in [0, 0.05) is 5.02 Å². The summed E-state index contributed by atoms with van der Waals surface area (Å²) in [4.78, 5) is 11.6. The summed E-state index contributed by atoms with van der Waals surface area (Å²) >= 11 is 5.54. The van der Waals surface area contributed by atoms with Gasteiger partial charge in [-0.1, -0.05) is 90.0 Å². The van der Waals surface area contributed by atoms with Gasteiger partial charge in [0.2, 0.25) is 0 Å². The number of benzene rings is 3. The largest absolute Gasteiger partial charge is 0.479 e. The molecule has 0 bridgehead atoms. The van der Waals surface area contributed by atoms with Gasteiger partial charge >= 0.3 is 5.97 Å². The molecular weight excluding hydrogens is 360 g/mol. The molecule has 1 atom stereocenters. The molecule has 0 aliphatic carbocycles. The van der Waals surface area contributed by atoms with E-state index < -0.39 is 11.6 Å². The van der Waals surface area contributed by atoms with Gasteiger partial charge < -0.3 is 9.84 Å². The Kier molecular flexibility index (Phi) is 7.59. The maximum atomic E-state index is 11.6. The number of hydrogen-bond acceptors (Lipinski definition) is 2. The summed E-state index contributed by atoms with van der Waals surface area (Å²) in [7, 11) is 0.